The molecule has 28 heavy (non-hydrogen) atoms. The van der Waals surface area contributed by atoms with Crippen LogP contribution in [0.3, 0.4) is 0 Å². The van der Waals surface area contributed by atoms with Crippen LogP contribution in [0.15, 0.2) is 23.0 Å². The second kappa shape index (κ2) is 5.70. The molecule has 1 atom stereocenters. The molecule has 2 aliphatic heterocycles. The number of hydrogen-bond acceptors (Lipinski definition) is 6. The Morgan fingerprint density at radius 2 is 2.11 bits per heavy atom. The first-order valence-corrected chi connectivity index (χ1v) is 8.84. The van der Waals surface area contributed by atoms with Crippen LogP contribution in [0.25, 0.3) is 22.3 Å². The molecule has 0 fully saturated rings. The van der Waals surface area contributed by atoms with Crippen LogP contribution in [0.2, 0.25) is 0 Å². The van der Waals surface area contributed by atoms with Crippen LogP contribution in [-0.2, 0) is 29.2 Å². The van der Waals surface area contributed by atoms with E-state index in [4.69, 9.17) is 10.5 Å². The number of ether oxygens (including phenoxy) is 1. The maximum atomic E-state index is 14.1. The highest BCUT2D eigenvalue weighted by molar-refractivity contribution is 5.89. The lowest BCUT2D eigenvalue weighted by atomic mass is 9.98. The third kappa shape index (κ3) is 2.12. The summed E-state index contributed by atoms with van der Waals surface area (Å²) in [5.74, 6) is -1.16. The number of nitrogens with two attached hydrogens (primary N) is 1. The van der Waals surface area contributed by atoms with Gasteiger partial charge in [0.2, 0.25) is 0 Å². The highest BCUT2D eigenvalue weighted by Gasteiger charge is 2.34. The number of carbonyl (C=O) groups excluding carboxylic acids is 1. The molecule has 0 aliphatic carbocycles. The van der Waals surface area contributed by atoms with Crippen molar-refractivity contribution in [3.63, 3.8) is 0 Å². The van der Waals surface area contributed by atoms with E-state index in [0.29, 0.717) is 22.5 Å². The molecular formula is C20H16FN3O4. The summed E-state index contributed by atoms with van der Waals surface area (Å²) in [6, 6.07) is 4.67. The van der Waals surface area contributed by atoms with E-state index in [1.807, 2.05) is 0 Å². The Morgan fingerprint density at radius 1 is 1.32 bits per heavy atom. The van der Waals surface area contributed by atoms with Gasteiger partial charge in [0.1, 0.15) is 12.4 Å². The minimum absolute atomic E-state index is 0.176. The minimum Gasteiger partial charge on any atom is -0.458 e. The van der Waals surface area contributed by atoms with E-state index in [1.165, 1.54) is 10.6 Å². The van der Waals surface area contributed by atoms with E-state index in [-0.39, 0.29) is 42.2 Å². The van der Waals surface area contributed by atoms with Crippen LogP contribution in [-0.4, -0.2) is 20.6 Å². The van der Waals surface area contributed by atoms with Gasteiger partial charge >= 0.3 is 5.97 Å². The lowest BCUT2D eigenvalue weighted by molar-refractivity contribution is -0.157. The summed E-state index contributed by atoms with van der Waals surface area (Å²) in [7, 11) is 0. The molecule has 1 aromatic carbocycles. The summed E-state index contributed by atoms with van der Waals surface area (Å²) in [6.45, 7) is 1.98. The number of pyridine rings is 2. The van der Waals surface area contributed by atoms with Crippen molar-refractivity contribution in [2.75, 3.05) is 0 Å². The predicted molar refractivity (Wildman–Crippen MR) is 97.9 cm³/mol. The molecule has 2 aromatic heterocycles. The first-order chi connectivity index (χ1) is 13.4. The molecule has 142 valence electrons. The highest BCUT2D eigenvalue weighted by atomic mass is 19.1. The Bertz CT molecular complexity index is 1270. The number of esters is 1. The molecule has 8 heteroatoms. The average Bonchev–Trinajstić information content (AvgIpc) is 3.03. The number of hydrogen-bond donors (Lipinski definition) is 2. The molecule has 0 saturated heterocycles. The molecule has 0 spiro atoms. The number of aliphatic hydroxyl groups excluding tert-OH is 1. The molecule has 0 amide bonds. The van der Waals surface area contributed by atoms with Crippen molar-refractivity contribution < 1.29 is 19.0 Å². The van der Waals surface area contributed by atoms with Gasteiger partial charge in [-0.25, -0.2) is 14.2 Å². The van der Waals surface area contributed by atoms with Crippen molar-refractivity contribution in [3.8, 4) is 11.4 Å². The number of carbonyl (C=O) groups is 1. The second-order valence-corrected chi connectivity index (χ2v) is 7.11. The molecule has 2 aliphatic rings. The number of nitrogens with zero attached hydrogens (tertiary/aromatic N) is 2. The van der Waals surface area contributed by atoms with Gasteiger partial charge in [-0.2, -0.15) is 0 Å². The quantitative estimate of drug-likeness (QED) is 0.483. The smallest absolute Gasteiger partial charge is 0.340 e. The molecule has 0 bridgehead atoms. The molecule has 3 aromatic rings. The first-order valence-electron chi connectivity index (χ1n) is 8.84. The van der Waals surface area contributed by atoms with Crippen molar-refractivity contribution in [1.82, 2.24) is 9.55 Å². The normalized spacial score (nSPS) is 17.3. The van der Waals surface area contributed by atoms with Gasteiger partial charge in [0.15, 0.2) is 6.10 Å². The minimum atomic E-state index is -1.51. The molecule has 0 saturated carbocycles. The van der Waals surface area contributed by atoms with Gasteiger partial charge in [-0.05, 0) is 30.2 Å². The van der Waals surface area contributed by atoms with E-state index in [9.17, 15) is 19.1 Å². The van der Waals surface area contributed by atoms with Crippen LogP contribution in [0.1, 0.15) is 33.9 Å². The average molecular weight is 381 g/mol. The van der Waals surface area contributed by atoms with Crippen LogP contribution in [0.4, 0.5) is 4.39 Å². The summed E-state index contributed by atoms with van der Waals surface area (Å²) in [6.07, 6.45) is -1.51. The maximum Gasteiger partial charge on any atom is 0.340 e. The van der Waals surface area contributed by atoms with Crippen LogP contribution in [0, 0.1) is 12.7 Å². The standard InChI is InChI=1S/C20H16FN3O4/c1-8-2-9-11(5-22)12-6-24-16(17(12)23-15(9)4-14(8)21)3-10-13(19(24)26)7-28-20(27)18(10)25/h2-4,18,25H,5-7,22H2,1H3. The monoisotopic (exact) mass is 381 g/mol. The maximum absolute atomic E-state index is 14.1. The Morgan fingerprint density at radius 3 is 2.86 bits per heavy atom. The molecule has 4 heterocycles. The van der Waals surface area contributed by atoms with Crippen molar-refractivity contribution in [3.05, 3.63) is 62.2 Å². The Balaban J connectivity index is 1.84. The van der Waals surface area contributed by atoms with Crippen LogP contribution >= 0.6 is 0 Å². The van der Waals surface area contributed by atoms with Crippen LogP contribution < -0.4 is 11.3 Å². The van der Waals surface area contributed by atoms with Gasteiger partial charge in [-0.15, -0.1) is 0 Å². The zero-order chi connectivity index (χ0) is 19.7. The third-order valence-electron chi connectivity index (χ3n) is 5.56. The van der Waals surface area contributed by atoms with Crippen molar-refractivity contribution in [2.45, 2.75) is 32.7 Å². The molecule has 5 rings (SSSR count). The Kier molecular flexibility index (Phi) is 3.47. The number of halogens is 1. The zero-order valence-electron chi connectivity index (χ0n) is 15.0. The largest absolute Gasteiger partial charge is 0.458 e. The number of rotatable bonds is 1. The molecule has 3 N–H and O–H groups in total. The Hall–Kier alpha value is -3.10. The number of aryl methyl sites for hydroxylation is 1. The molecule has 0 radical (unpaired) electrons. The predicted octanol–water partition coefficient (Wildman–Crippen LogP) is 1.42. The lowest BCUT2D eigenvalue weighted by Gasteiger charge is -2.21. The van der Waals surface area contributed by atoms with Crippen molar-refractivity contribution in [1.29, 1.82) is 0 Å². The topological polar surface area (TPSA) is 107 Å². The molecule has 1 unspecified atom stereocenters. The van der Waals surface area contributed by atoms with Gasteiger partial charge in [0.25, 0.3) is 5.56 Å². The Labute approximate surface area is 158 Å². The SMILES string of the molecule is Cc1cc2c(CN)c3c(nc2cc1F)-c1cc2c(c(=O)n1C3)COC(=O)C2O. The highest BCUT2D eigenvalue weighted by Crippen LogP contribution is 2.38. The first kappa shape index (κ1) is 17.0. The van der Waals surface area contributed by atoms with E-state index >= 15 is 0 Å². The number of fused-ring (bicyclic) bond motifs is 5. The second-order valence-electron chi connectivity index (χ2n) is 7.11. The van der Waals surface area contributed by atoms with Gasteiger partial charge < -0.3 is 20.1 Å². The number of cyclic esters (lactones) is 1. The van der Waals surface area contributed by atoms with E-state index in [0.717, 1.165) is 16.5 Å². The fourth-order valence-electron chi connectivity index (χ4n) is 4.07. The number of benzene rings is 1. The zero-order valence-corrected chi connectivity index (χ0v) is 15.0. The fraction of sp³-hybridized carbons (Fsp3) is 0.250. The van der Waals surface area contributed by atoms with E-state index < -0.39 is 12.1 Å². The van der Waals surface area contributed by atoms with Gasteiger partial charge in [-0.3, -0.25) is 4.79 Å². The van der Waals surface area contributed by atoms with Gasteiger partial charge in [0, 0.05) is 29.1 Å². The summed E-state index contributed by atoms with van der Waals surface area (Å²) < 4.78 is 20.5. The number of aliphatic hydroxyl groups is 1. The van der Waals surface area contributed by atoms with Crippen molar-refractivity contribution >= 4 is 16.9 Å². The van der Waals surface area contributed by atoms with Crippen molar-refractivity contribution in [2.24, 2.45) is 5.73 Å². The number of aromatic nitrogens is 2. The summed E-state index contributed by atoms with van der Waals surface area (Å²) in [4.78, 5) is 29.3. The van der Waals surface area contributed by atoms with E-state index in [2.05, 4.69) is 4.98 Å². The van der Waals surface area contributed by atoms with E-state index in [1.54, 1.807) is 19.1 Å². The van der Waals surface area contributed by atoms with Gasteiger partial charge in [-0.1, -0.05) is 0 Å². The fourth-order valence-corrected chi connectivity index (χ4v) is 4.07. The summed E-state index contributed by atoms with van der Waals surface area (Å²) >= 11 is 0. The molecule has 7 nitrogen and oxygen atoms in total. The van der Waals surface area contributed by atoms with Gasteiger partial charge in [0.05, 0.1) is 29.0 Å². The third-order valence-corrected chi connectivity index (χ3v) is 5.56. The summed E-state index contributed by atoms with van der Waals surface area (Å²) in [5.41, 5.74) is 9.67. The van der Waals surface area contributed by atoms with Crippen LogP contribution in [0.5, 0.6) is 0 Å². The summed E-state index contributed by atoms with van der Waals surface area (Å²) in [5, 5.41) is 10.9. The lowest BCUT2D eigenvalue weighted by Crippen LogP contribution is -2.32. The molecular weight excluding hydrogens is 365 g/mol.